The van der Waals surface area contributed by atoms with E-state index in [9.17, 15) is 0 Å². The van der Waals surface area contributed by atoms with Crippen LogP contribution >= 0.6 is 15.9 Å². The molecule has 2 aromatic rings. The first-order chi connectivity index (χ1) is 8.74. The van der Waals surface area contributed by atoms with Gasteiger partial charge in [0.15, 0.2) is 0 Å². The largest absolute Gasteiger partial charge is 0.438 e. The molecule has 1 heterocycles. The van der Waals surface area contributed by atoms with Gasteiger partial charge in [0.1, 0.15) is 12.1 Å². The van der Waals surface area contributed by atoms with Crippen molar-refractivity contribution in [3.63, 3.8) is 0 Å². The summed E-state index contributed by atoms with van der Waals surface area (Å²) in [5.74, 6) is 1.56. The van der Waals surface area contributed by atoms with E-state index < -0.39 is 0 Å². The van der Waals surface area contributed by atoms with Gasteiger partial charge in [0.25, 0.3) is 0 Å². The van der Waals surface area contributed by atoms with Crippen molar-refractivity contribution in [3.05, 3.63) is 45.8 Å². The van der Waals surface area contributed by atoms with Gasteiger partial charge >= 0.3 is 0 Å². The number of aromatic nitrogens is 2. The summed E-state index contributed by atoms with van der Waals surface area (Å²) in [6.07, 6.45) is 4.78. The van der Waals surface area contributed by atoms with Gasteiger partial charge < -0.3 is 4.74 Å². The highest BCUT2D eigenvalue weighted by atomic mass is 79.9. The fraction of sp³-hybridized carbons (Fsp3) is 0.286. The lowest BCUT2D eigenvalue weighted by molar-refractivity contribution is 0.452. The highest BCUT2D eigenvalue weighted by Gasteiger charge is 2.18. The second-order valence-corrected chi connectivity index (χ2v) is 5.39. The van der Waals surface area contributed by atoms with Crippen LogP contribution in [0.25, 0.3) is 0 Å². The zero-order chi connectivity index (χ0) is 12.5. The van der Waals surface area contributed by atoms with Crippen molar-refractivity contribution in [1.82, 2.24) is 9.97 Å². The van der Waals surface area contributed by atoms with E-state index in [2.05, 4.69) is 25.9 Å². The van der Waals surface area contributed by atoms with E-state index in [4.69, 9.17) is 4.74 Å². The second-order valence-electron chi connectivity index (χ2n) is 4.47. The molecule has 92 valence electrons. The molecule has 0 aliphatic heterocycles. The molecular formula is C14H13BrN2O. The fourth-order valence-corrected chi connectivity index (χ4v) is 2.72. The van der Waals surface area contributed by atoms with Crippen LogP contribution in [0, 0.1) is 6.92 Å². The molecule has 0 N–H and O–H groups in total. The van der Waals surface area contributed by atoms with Gasteiger partial charge in [0.05, 0.1) is 5.69 Å². The minimum Gasteiger partial charge on any atom is -0.438 e. The molecule has 0 amide bonds. The van der Waals surface area contributed by atoms with Gasteiger partial charge in [-0.1, -0.05) is 15.9 Å². The number of hydrogen-bond acceptors (Lipinski definition) is 3. The van der Waals surface area contributed by atoms with Crippen LogP contribution in [0.1, 0.15) is 23.2 Å². The molecule has 3 nitrogen and oxygen atoms in total. The number of halogens is 1. The Morgan fingerprint density at radius 1 is 1.22 bits per heavy atom. The maximum absolute atomic E-state index is 5.94. The van der Waals surface area contributed by atoms with Crippen LogP contribution in [0.3, 0.4) is 0 Å². The Balaban J connectivity index is 1.95. The van der Waals surface area contributed by atoms with E-state index in [1.165, 1.54) is 5.56 Å². The van der Waals surface area contributed by atoms with Gasteiger partial charge in [-0.2, -0.15) is 0 Å². The summed E-state index contributed by atoms with van der Waals surface area (Å²) in [6.45, 7) is 2.03. The molecular weight excluding hydrogens is 292 g/mol. The van der Waals surface area contributed by atoms with Crippen LogP contribution in [0.5, 0.6) is 11.6 Å². The van der Waals surface area contributed by atoms with E-state index in [-0.39, 0.29) is 0 Å². The Kier molecular flexibility index (Phi) is 3.04. The summed E-state index contributed by atoms with van der Waals surface area (Å²) in [6, 6.07) is 5.98. The maximum Gasteiger partial charge on any atom is 0.225 e. The summed E-state index contributed by atoms with van der Waals surface area (Å²) in [5, 5.41) is 0. The number of aryl methyl sites for hydroxylation is 2. The quantitative estimate of drug-likeness (QED) is 0.846. The lowest BCUT2D eigenvalue weighted by Crippen LogP contribution is -1.97. The molecule has 0 unspecified atom stereocenters. The standard InChI is InChI=1S/C14H13BrN2O/c1-9-7-10(15)5-6-13(9)18-14-11-3-2-4-12(11)16-8-17-14/h5-8H,2-4H2,1H3. The van der Waals surface area contributed by atoms with Crippen LogP contribution in [0.2, 0.25) is 0 Å². The van der Waals surface area contributed by atoms with E-state index >= 15 is 0 Å². The molecule has 0 saturated carbocycles. The van der Waals surface area contributed by atoms with Crippen molar-refractivity contribution in [2.75, 3.05) is 0 Å². The van der Waals surface area contributed by atoms with E-state index in [0.29, 0.717) is 5.88 Å². The highest BCUT2D eigenvalue weighted by Crippen LogP contribution is 2.32. The Hall–Kier alpha value is -1.42. The lowest BCUT2D eigenvalue weighted by Gasteiger charge is -2.10. The first-order valence-corrected chi connectivity index (χ1v) is 6.80. The molecule has 1 aromatic heterocycles. The average molecular weight is 305 g/mol. The topological polar surface area (TPSA) is 35.0 Å². The Bertz CT molecular complexity index is 598. The van der Waals surface area contributed by atoms with Crippen LogP contribution in [0.4, 0.5) is 0 Å². The number of hydrogen-bond donors (Lipinski definition) is 0. The predicted molar refractivity (Wildman–Crippen MR) is 73.0 cm³/mol. The summed E-state index contributed by atoms with van der Waals surface area (Å²) in [5.41, 5.74) is 3.39. The minimum atomic E-state index is 0.711. The average Bonchev–Trinajstić information content (AvgIpc) is 2.82. The van der Waals surface area contributed by atoms with Crippen molar-refractivity contribution < 1.29 is 4.74 Å². The second kappa shape index (κ2) is 4.69. The summed E-state index contributed by atoms with van der Waals surface area (Å²) >= 11 is 3.45. The van der Waals surface area contributed by atoms with Crippen LogP contribution in [0.15, 0.2) is 29.0 Å². The first kappa shape index (κ1) is 11.7. The van der Waals surface area contributed by atoms with Crippen LogP contribution < -0.4 is 4.74 Å². The van der Waals surface area contributed by atoms with Crippen molar-refractivity contribution in [3.8, 4) is 11.6 Å². The van der Waals surface area contributed by atoms with Gasteiger partial charge in [0, 0.05) is 10.0 Å². The van der Waals surface area contributed by atoms with Crippen molar-refractivity contribution in [2.24, 2.45) is 0 Å². The van der Waals surface area contributed by atoms with Gasteiger partial charge in [-0.25, -0.2) is 9.97 Å². The number of fused-ring (bicyclic) bond motifs is 1. The van der Waals surface area contributed by atoms with Gasteiger partial charge in [-0.3, -0.25) is 0 Å². The molecule has 1 aliphatic carbocycles. The van der Waals surface area contributed by atoms with Crippen molar-refractivity contribution in [2.45, 2.75) is 26.2 Å². The monoisotopic (exact) mass is 304 g/mol. The predicted octanol–water partition coefficient (Wildman–Crippen LogP) is 3.83. The SMILES string of the molecule is Cc1cc(Br)ccc1Oc1ncnc2c1CCC2. The molecule has 18 heavy (non-hydrogen) atoms. The molecule has 3 rings (SSSR count). The van der Waals surface area contributed by atoms with Crippen molar-refractivity contribution >= 4 is 15.9 Å². The molecule has 0 radical (unpaired) electrons. The lowest BCUT2D eigenvalue weighted by atomic mass is 10.2. The molecule has 4 heteroatoms. The summed E-state index contributed by atoms with van der Waals surface area (Å²) in [4.78, 5) is 8.56. The fourth-order valence-electron chi connectivity index (χ4n) is 2.25. The molecule has 0 bridgehead atoms. The number of rotatable bonds is 2. The van der Waals surface area contributed by atoms with Crippen LogP contribution in [-0.4, -0.2) is 9.97 Å². The zero-order valence-electron chi connectivity index (χ0n) is 10.1. The molecule has 0 atom stereocenters. The van der Waals surface area contributed by atoms with E-state index in [0.717, 1.165) is 40.7 Å². The normalized spacial score (nSPS) is 13.4. The van der Waals surface area contributed by atoms with E-state index in [1.807, 2.05) is 25.1 Å². The summed E-state index contributed by atoms with van der Waals surface area (Å²) in [7, 11) is 0. The molecule has 0 saturated heterocycles. The third kappa shape index (κ3) is 2.12. The van der Waals surface area contributed by atoms with E-state index in [1.54, 1.807) is 6.33 Å². The van der Waals surface area contributed by atoms with Gasteiger partial charge in [-0.05, 0) is 49.9 Å². The molecule has 1 aliphatic rings. The number of ether oxygens (including phenoxy) is 1. The Labute approximate surface area is 114 Å². The smallest absolute Gasteiger partial charge is 0.225 e. The zero-order valence-corrected chi connectivity index (χ0v) is 11.7. The summed E-state index contributed by atoms with van der Waals surface area (Å²) < 4.78 is 6.99. The van der Waals surface area contributed by atoms with Crippen molar-refractivity contribution in [1.29, 1.82) is 0 Å². The van der Waals surface area contributed by atoms with Gasteiger partial charge in [-0.15, -0.1) is 0 Å². The maximum atomic E-state index is 5.94. The molecule has 0 spiro atoms. The Morgan fingerprint density at radius 2 is 2.11 bits per heavy atom. The number of nitrogens with zero attached hydrogens (tertiary/aromatic N) is 2. The molecule has 0 fully saturated rings. The Morgan fingerprint density at radius 3 is 2.94 bits per heavy atom. The minimum absolute atomic E-state index is 0.711. The van der Waals surface area contributed by atoms with Crippen LogP contribution in [-0.2, 0) is 12.8 Å². The first-order valence-electron chi connectivity index (χ1n) is 6.01. The third-order valence-corrected chi connectivity index (χ3v) is 3.67. The number of benzene rings is 1. The highest BCUT2D eigenvalue weighted by molar-refractivity contribution is 9.10. The molecule has 1 aromatic carbocycles. The van der Waals surface area contributed by atoms with Gasteiger partial charge in [0.2, 0.25) is 5.88 Å². The third-order valence-electron chi connectivity index (χ3n) is 3.18.